The average Bonchev–Trinajstić information content (AvgIpc) is 3.29. The molecule has 1 N–H and O–H groups in total. The van der Waals surface area contributed by atoms with Crippen LogP contribution in [0.3, 0.4) is 0 Å². The number of ether oxygens (including phenoxy) is 1. The standard InChI is InChI=1S/C20H27N3O3S/c1-13(2)16-9-8-14(3)10-17(16)25-11-19-22-23-20(26-19)27-12-18(24)21-15-6-4-5-7-15/h8-10,13,15H,4-7,11-12H2,1-3H3,(H,21,24). The van der Waals surface area contributed by atoms with Crippen molar-refractivity contribution in [2.75, 3.05) is 5.75 Å². The number of rotatable bonds is 8. The van der Waals surface area contributed by atoms with Crippen molar-refractivity contribution in [3.63, 3.8) is 0 Å². The van der Waals surface area contributed by atoms with Crippen molar-refractivity contribution in [3.05, 3.63) is 35.2 Å². The molecule has 1 aliphatic carbocycles. The zero-order chi connectivity index (χ0) is 19.2. The summed E-state index contributed by atoms with van der Waals surface area (Å²) in [7, 11) is 0. The molecule has 0 atom stereocenters. The minimum Gasteiger partial charge on any atom is -0.484 e. The molecule has 27 heavy (non-hydrogen) atoms. The highest BCUT2D eigenvalue weighted by atomic mass is 32.2. The van der Waals surface area contributed by atoms with Gasteiger partial charge in [0.15, 0.2) is 6.61 Å². The highest BCUT2D eigenvalue weighted by Gasteiger charge is 2.18. The number of benzene rings is 1. The average molecular weight is 390 g/mol. The van der Waals surface area contributed by atoms with E-state index < -0.39 is 0 Å². The maximum absolute atomic E-state index is 12.0. The van der Waals surface area contributed by atoms with Crippen LogP contribution in [-0.4, -0.2) is 27.9 Å². The summed E-state index contributed by atoms with van der Waals surface area (Å²) in [6.07, 6.45) is 4.56. The lowest BCUT2D eigenvalue weighted by atomic mass is 10.0. The molecule has 3 rings (SSSR count). The van der Waals surface area contributed by atoms with Gasteiger partial charge in [-0.3, -0.25) is 4.79 Å². The summed E-state index contributed by atoms with van der Waals surface area (Å²) >= 11 is 1.26. The number of nitrogens with zero attached hydrogens (tertiary/aromatic N) is 2. The van der Waals surface area contributed by atoms with Gasteiger partial charge in [0.2, 0.25) is 5.91 Å². The molecule has 0 bridgehead atoms. The molecule has 1 saturated carbocycles. The van der Waals surface area contributed by atoms with E-state index in [1.165, 1.54) is 24.6 Å². The molecule has 1 fully saturated rings. The molecule has 146 valence electrons. The molecule has 1 aromatic carbocycles. The van der Waals surface area contributed by atoms with E-state index in [2.05, 4.69) is 41.5 Å². The van der Waals surface area contributed by atoms with Gasteiger partial charge in [-0.25, -0.2) is 0 Å². The third-order valence-electron chi connectivity index (χ3n) is 4.64. The van der Waals surface area contributed by atoms with Gasteiger partial charge < -0.3 is 14.5 Å². The van der Waals surface area contributed by atoms with Gasteiger partial charge >= 0.3 is 0 Å². The molecule has 0 aliphatic heterocycles. The molecule has 0 radical (unpaired) electrons. The third kappa shape index (κ3) is 5.73. The Morgan fingerprint density at radius 3 is 2.85 bits per heavy atom. The summed E-state index contributed by atoms with van der Waals surface area (Å²) in [6, 6.07) is 6.52. The largest absolute Gasteiger partial charge is 0.484 e. The molecular formula is C20H27N3O3S. The van der Waals surface area contributed by atoms with Crippen molar-refractivity contribution in [3.8, 4) is 5.75 Å². The van der Waals surface area contributed by atoms with Crippen LogP contribution < -0.4 is 10.1 Å². The minimum absolute atomic E-state index is 0.0178. The second-order valence-corrected chi connectivity index (χ2v) is 8.21. The van der Waals surface area contributed by atoms with E-state index in [1.54, 1.807) is 0 Å². The smallest absolute Gasteiger partial charge is 0.277 e. The van der Waals surface area contributed by atoms with Crippen LogP contribution in [0.15, 0.2) is 27.8 Å². The first kappa shape index (κ1) is 19.7. The van der Waals surface area contributed by atoms with E-state index in [1.807, 2.05) is 13.0 Å². The first-order valence-electron chi connectivity index (χ1n) is 9.49. The first-order chi connectivity index (χ1) is 13.0. The highest BCUT2D eigenvalue weighted by Crippen LogP contribution is 2.28. The zero-order valence-electron chi connectivity index (χ0n) is 16.2. The van der Waals surface area contributed by atoms with Gasteiger partial charge in [-0.05, 0) is 42.9 Å². The van der Waals surface area contributed by atoms with Crippen molar-refractivity contribution in [1.29, 1.82) is 0 Å². The summed E-state index contributed by atoms with van der Waals surface area (Å²) in [4.78, 5) is 12.0. The van der Waals surface area contributed by atoms with E-state index in [9.17, 15) is 4.79 Å². The summed E-state index contributed by atoms with van der Waals surface area (Å²) in [5.41, 5.74) is 2.29. The minimum atomic E-state index is 0.0178. The molecule has 0 saturated heterocycles. The maximum atomic E-state index is 12.0. The first-order valence-corrected chi connectivity index (χ1v) is 10.5. The second kappa shape index (κ2) is 9.26. The summed E-state index contributed by atoms with van der Waals surface area (Å²) < 4.78 is 11.5. The summed E-state index contributed by atoms with van der Waals surface area (Å²) in [6.45, 7) is 6.52. The fourth-order valence-electron chi connectivity index (χ4n) is 3.20. The number of carbonyl (C=O) groups excluding carboxylic acids is 1. The Balaban J connectivity index is 1.49. The van der Waals surface area contributed by atoms with Crippen LogP contribution in [0.1, 0.15) is 62.5 Å². The number of aryl methyl sites for hydroxylation is 1. The molecule has 1 aliphatic rings. The third-order valence-corrected chi connectivity index (χ3v) is 5.46. The Kier molecular flexibility index (Phi) is 6.77. The van der Waals surface area contributed by atoms with Gasteiger partial charge in [0.05, 0.1) is 5.75 Å². The topological polar surface area (TPSA) is 77.2 Å². The van der Waals surface area contributed by atoms with E-state index in [-0.39, 0.29) is 18.3 Å². The van der Waals surface area contributed by atoms with Crippen molar-refractivity contribution < 1.29 is 13.9 Å². The predicted molar refractivity (Wildman–Crippen MR) is 105 cm³/mol. The van der Waals surface area contributed by atoms with Crippen molar-refractivity contribution in [2.45, 2.75) is 70.2 Å². The Bertz CT molecular complexity index is 770. The van der Waals surface area contributed by atoms with E-state index >= 15 is 0 Å². The lowest BCUT2D eigenvalue weighted by Gasteiger charge is -2.13. The Morgan fingerprint density at radius 2 is 2.11 bits per heavy atom. The molecule has 0 spiro atoms. The quantitative estimate of drug-likeness (QED) is 0.681. The molecule has 1 heterocycles. The number of nitrogens with one attached hydrogen (secondary N) is 1. The van der Waals surface area contributed by atoms with E-state index in [4.69, 9.17) is 9.15 Å². The zero-order valence-corrected chi connectivity index (χ0v) is 17.0. The summed E-state index contributed by atoms with van der Waals surface area (Å²) in [5, 5.41) is 11.5. The van der Waals surface area contributed by atoms with E-state index in [0.29, 0.717) is 23.1 Å². The van der Waals surface area contributed by atoms with Crippen molar-refractivity contribution in [1.82, 2.24) is 15.5 Å². The molecule has 0 unspecified atom stereocenters. The Labute approximate surface area is 164 Å². The number of carbonyl (C=O) groups is 1. The molecule has 6 nitrogen and oxygen atoms in total. The fraction of sp³-hybridized carbons (Fsp3) is 0.550. The van der Waals surface area contributed by atoms with Crippen molar-refractivity contribution in [2.24, 2.45) is 0 Å². The Morgan fingerprint density at radius 1 is 1.33 bits per heavy atom. The number of amides is 1. The SMILES string of the molecule is Cc1ccc(C(C)C)c(OCc2nnc(SCC(=O)NC3CCCC3)o2)c1. The Hall–Kier alpha value is -2.02. The van der Waals surface area contributed by atoms with Crippen LogP contribution in [0.5, 0.6) is 5.75 Å². The van der Waals surface area contributed by atoms with Crippen LogP contribution >= 0.6 is 11.8 Å². The van der Waals surface area contributed by atoms with Gasteiger partial charge in [0.1, 0.15) is 5.75 Å². The highest BCUT2D eigenvalue weighted by molar-refractivity contribution is 7.99. The summed E-state index contributed by atoms with van der Waals surface area (Å²) in [5.74, 6) is 1.92. The maximum Gasteiger partial charge on any atom is 0.277 e. The van der Waals surface area contributed by atoms with Crippen molar-refractivity contribution >= 4 is 17.7 Å². The van der Waals surface area contributed by atoms with Crippen LogP contribution in [0, 0.1) is 6.92 Å². The van der Waals surface area contributed by atoms with Gasteiger partial charge in [-0.15, -0.1) is 10.2 Å². The number of hydrogen-bond acceptors (Lipinski definition) is 6. The normalized spacial score (nSPS) is 14.7. The van der Waals surface area contributed by atoms with Gasteiger partial charge in [-0.1, -0.05) is 50.6 Å². The molecular weight excluding hydrogens is 362 g/mol. The monoisotopic (exact) mass is 389 g/mol. The predicted octanol–water partition coefficient (Wildman–Crippen LogP) is 4.23. The molecule has 1 aromatic heterocycles. The van der Waals surface area contributed by atoms with Gasteiger partial charge in [-0.2, -0.15) is 0 Å². The molecule has 7 heteroatoms. The lowest BCUT2D eigenvalue weighted by molar-refractivity contribution is -0.119. The van der Waals surface area contributed by atoms with E-state index in [0.717, 1.165) is 29.7 Å². The number of aromatic nitrogens is 2. The van der Waals surface area contributed by atoms with Gasteiger partial charge in [0, 0.05) is 6.04 Å². The molecule has 2 aromatic rings. The van der Waals surface area contributed by atoms with Crippen LogP contribution in [0.2, 0.25) is 0 Å². The molecule has 1 amide bonds. The number of thioether (sulfide) groups is 1. The fourth-order valence-corrected chi connectivity index (χ4v) is 3.80. The second-order valence-electron chi connectivity index (χ2n) is 7.28. The lowest BCUT2D eigenvalue weighted by Crippen LogP contribution is -2.33. The van der Waals surface area contributed by atoms with Crippen LogP contribution in [-0.2, 0) is 11.4 Å². The van der Waals surface area contributed by atoms with Crippen LogP contribution in [0.4, 0.5) is 0 Å². The van der Waals surface area contributed by atoms with Gasteiger partial charge in [0.25, 0.3) is 11.1 Å². The van der Waals surface area contributed by atoms with Crippen LogP contribution in [0.25, 0.3) is 0 Å². The number of hydrogen-bond donors (Lipinski definition) is 1.